The second-order valence-electron chi connectivity index (χ2n) is 3.73. The van der Waals surface area contributed by atoms with Gasteiger partial charge < -0.3 is 0 Å². The fraction of sp³-hybridized carbons (Fsp3) is 1.00. The highest BCUT2D eigenvalue weighted by Crippen LogP contribution is 2.41. The molecule has 0 saturated heterocycles. The van der Waals surface area contributed by atoms with E-state index in [1.165, 1.54) is 12.8 Å². The maximum absolute atomic E-state index is 11.3. The van der Waals surface area contributed by atoms with E-state index in [0.717, 1.165) is 5.92 Å². The van der Waals surface area contributed by atoms with Crippen molar-refractivity contribution in [1.82, 2.24) is 0 Å². The van der Waals surface area contributed by atoms with Gasteiger partial charge in [0.25, 0.3) is 0 Å². The van der Waals surface area contributed by atoms with Gasteiger partial charge in [-0.2, -0.15) is 0 Å². The summed E-state index contributed by atoms with van der Waals surface area (Å²) in [4.78, 5) is 0. The molecule has 1 unspecified atom stereocenters. The van der Waals surface area contributed by atoms with E-state index in [1.54, 1.807) is 13.8 Å². The molecule has 1 saturated carbocycles. The van der Waals surface area contributed by atoms with Crippen LogP contribution >= 0.6 is 0 Å². The quantitative estimate of drug-likeness (QED) is 0.542. The first-order valence-electron chi connectivity index (χ1n) is 3.72. The molecule has 0 aromatic carbocycles. The van der Waals surface area contributed by atoms with Crippen molar-refractivity contribution in [3.05, 3.63) is 0 Å². The van der Waals surface area contributed by atoms with Crippen LogP contribution in [-0.4, -0.2) is 5.60 Å². The van der Waals surface area contributed by atoms with Gasteiger partial charge in [0.05, 0.1) is 0 Å². The van der Waals surface area contributed by atoms with Gasteiger partial charge in [-0.05, 0) is 38.5 Å². The lowest BCUT2D eigenvalue weighted by Crippen LogP contribution is -2.28. The first-order valence-corrected chi connectivity index (χ1v) is 3.72. The zero-order valence-corrected chi connectivity index (χ0v) is 6.48. The lowest BCUT2D eigenvalue weighted by Gasteiger charge is -2.22. The molecule has 9 heavy (non-hydrogen) atoms. The Kier molecular flexibility index (Phi) is 1.55. The molecule has 53 valence electrons. The highest BCUT2D eigenvalue weighted by Gasteiger charge is 2.37. The van der Waals surface area contributed by atoms with Gasteiger partial charge in [-0.15, -0.1) is 0 Å². The van der Waals surface area contributed by atoms with E-state index in [-0.39, 0.29) is 0 Å². The molecule has 1 atom stereocenters. The number of hydrogen-bond donors (Lipinski definition) is 0. The maximum atomic E-state index is 11.3. The molecule has 1 aliphatic carbocycles. The van der Waals surface area contributed by atoms with Crippen molar-refractivity contribution in [3.8, 4) is 0 Å². The third-order valence-corrected chi connectivity index (χ3v) is 2.43. The Bertz CT molecular complexity index is 97.6. The first-order chi connectivity index (χ1) is 4.02. The molecule has 0 amide bonds. The van der Waals surface area contributed by atoms with Crippen molar-refractivity contribution >= 4 is 0 Å². The van der Waals surface area contributed by atoms with Gasteiger partial charge in [-0.1, -0.05) is 6.92 Å². The molecule has 1 fully saturated rings. The molecule has 0 N–H and O–H groups in total. The minimum Gasteiger partial charge on any atom is -0.230 e. The minimum absolute atomic E-state index is 0.373. The molecular weight excluding hydrogens is 112 g/mol. The van der Waals surface area contributed by atoms with Gasteiger partial charge in [0.15, 0.2) is 0 Å². The largest absolute Gasteiger partial charge is 0.230 e. The van der Waals surface area contributed by atoms with Gasteiger partial charge in [-0.25, -0.2) is 5.11 Å². The molecule has 1 rings (SSSR count). The predicted molar refractivity (Wildman–Crippen MR) is 36.7 cm³/mol. The predicted octanol–water partition coefficient (Wildman–Crippen LogP) is 2.24. The van der Waals surface area contributed by atoms with Crippen molar-refractivity contribution in [2.75, 3.05) is 0 Å². The summed E-state index contributed by atoms with van der Waals surface area (Å²) in [5, 5.41) is 11.3. The van der Waals surface area contributed by atoms with E-state index in [9.17, 15) is 5.11 Å². The molecule has 0 spiro atoms. The Balaban J connectivity index is 2.40. The summed E-state index contributed by atoms with van der Waals surface area (Å²) in [6.07, 6.45) is 2.57. The van der Waals surface area contributed by atoms with Crippen LogP contribution in [0.4, 0.5) is 0 Å². The van der Waals surface area contributed by atoms with Crippen LogP contribution in [-0.2, 0) is 5.11 Å². The summed E-state index contributed by atoms with van der Waals surface area (Å²) in [6.45, 7) is 5.65. The number of hydrogen-bond acceptors (Lipinski definition) is 0. The Morgan fingerprint density at radius 3 is 2.00 bits per heavy atom. The summed E-state index contributed by atoms with van der Waals surface area (Å²) in [7, 11) is 0. The maximum Gasteiger partial charge on any atom is 0.101 e. The van der Waals surface area contributed by atoms with Gasteiger partial charge in [0.2, 0.25) is 0 Å². The Labute approximate surface area is 57.1 Å². The molecule has 0 aromatic heterocycles. The summed E-state index contributed by atoms with van der Waals surface area (Å²) in [6, 6.07) is 0. The normalized spacial score (nSPS) is 24.0. The topological polar surface area (TPSA) is 19.9 Å². The highest BCUT2D eigenvalue weighted by atomic mass is 16.3. The fourth-order valence-corrected chi connectivity index (χ4v) is 1.16. The lowest BCUT2D eigenvalue weighted by atomic mass is 9.89. The van der Waals surface area contributed by atoms with E-state index in [1.807, 2.05) is 0 Å². The number of rotatable bonds is 2. The fourth-order valence-electron chi connectivity index (χ4n) is 1.16. The van der Waals surface area contributed by atoms with Crippen molar-refractivity contribution in [3.63, 3.8) is 0 Å². The smallest absolute Gasteiger partial charge is 0.101 e. The Morgan fingerprint density at radius 1 is 1.44 bits per heavy atom. The molecule has 0 aromatic rings. The van der Waals surface area contributed by atoms with Gasteiger partial charge in [0.1, 0.15) is 5.60 Å². The third-order valence-electron chi connectivity index (χ3n) is 2.43. The summed E-state index contributed by atoms with van der Waals surface area (Å²) in [5.74, 6) is 1.12. The van der Waals surface area contributed by atoms with Crippen LogP contribution in [0.5, 0.6) is 0 Å². The van der Waals surface area contributed by atoms with Gasteiger partial charge in [-0.3, -0.25) is 0 Å². The second kappa shape index (κ2) is 1.98. The Morgan fingerprint density at radius 2 is 1.89 bits per heavy atom. The summed E-state index contributed by atoms with van der Waals surface area (Å²) in [5.41, 5.74) is -0.707. The van der Waals surface area contributed by atoms with Crippen LogP contribution in [0.3, 0.4) is 0 Å². The van der Waals surface area contributed by atoms with E-state index in [4.69, 9.17) is 0 Å². The second-order valence-corrected chi connectivity index (χ2v) is 3.73. The zero-order valence-electron chi connectivity index (χ0n) is 6.48. The van der Waals surface area contributed by atoms with Gasteiger partial charge >= 0.3 is 0 Å². The average molecular weight is 127 g/mol. The molecule has 0 heterocycles. The molecule has 1 nitrogen and oxygen atoms in total. The van der Waals surface area contributed by atoms with Crippen molar-refractivity contribution < 1.29 is 5.11 Å². The van der Waals surface area contributed by atoms with Crippen LogP contribution in [0, 0.1) is 11.8 Å². The molecule has 0 aliphatic heterocycles. The van der Waals surface area contributed by atoms with E-state index in [2.05, 4.69) is 6.92 Å². The van der Waals surface area contributed by atoms with Gasteiger partial charge in [0, 0.05) is 0 Å². The first kappa shape index (κ1) is 7.07. The Hall–Kier alpha value is -0.0400. The summed E-state index contributed by atoms with van der Waals surface area (Å²) < 4.78 is 0. The van der Waals surface area contributed by atoms with Crippen molar-refractivity contribution in [2.45, 2.75) is 39.2 Å². The minimum atomic E-state index is -0.707. The van der Waals surface area contributed by atoms with Crippen molar-refractivity contribution in [2.24, 2.45) is 11.8 Å². The lowest BCUT2D eigenvalue weighted by molar-refractivity contribution is -0.0480. The van der Waals surface area contributed by atoms with Crippen LogP contribution in [0.25, 0.3) is 0 Å². The van der Waals surface area contributed by atoms with E-state index >= 15 is 0 Å². The molecule has 1 radical (unpaired) electrons. The molecule has 1 heteroatoms. The van der Waals surface area contributed by atoms with Crippen LogP contribution < -0.4 is 0 Å². The summed E-state index contributed by atoms with van der Waals surface area (Å²) >= 11 is 0. The van der Waals surface area contributed by atoms with E-state index in [0.29, 0.717) is 5.92 Å². The molecule has 1 aliphatic rings. The third kappa shape index (κ3) is 1.68. The molecular formula is C8H15O. The standard InChI is InChI=1S/C8H15O/c1-6(7-4-5-7)8(2,3)9/h6-7H,4-5H2,1-3H3. The van der Waals surface area contributed by atoms with Crippen LogP contribution in [0.1, 0.15) is 33.6 Å². The zero-order chi connectivity index (χ0) is 7.07. The SMILES string of the molecule is CC(C1CC1)C(C)(C)[O]. The van der Waals surface area contributed by atoms with Crippen LogP contribution in [0.2, 0.25) is 0 Å². The van der Waals surface area contributed by atoms with Crippen molar-refractivity contribution in [1.29, 1.82) is 0 Å². The molecule has 0 bridgehead atoms. The van der Waals surface area contributed by atoms with E-state index < -0.39 is 5.60 Å². The van der Waals surface area contributed by atoms with Crippen LogP contribution in [0.15, 0.2) is 0 Å². The highest BCUT2D eigenvalue weighted by molar-refractivity contribution is 4.87. The average Bonchev–Trinajstić information content (AvgIpc) is 2.40. The monoisotopic (exact) mass is 127 g/mol.